The third kappa shape index (κ3) is 3.35. The lowest BCUT2D eigenvalue weighted by Crippen LogP contribution is -2.09. The van der Waals surface area contributed by atoms with E-state index in [4.69, 9.17) is 16.7 Å². The van der Waals surface area contributed by atoms with Crippen LogP contribution in [0.4, 0.5) is 0 Å². The molecule has 1 heterocycles. The van der Waals surface area contributed by atoms with Crippen LogP contribution in [0.15, 0.2) is 23.4 Å². The van der Waals surface area contributed by atoms with E-state index < -0.39 is 5.97 Å². The summed E-state index contributed by atoms with van der Waals surface area (Å²) in [6.45, 7) is 2.17. The Morgan fingerprint density at radius 1 is 1.57 bits per heavy atom. The van der Waals surface area contributed by atoms with Gasteiger partial charge in [0, 0.05) is 11.1 Å². The molecule has 0 saturated heterocycles. The zero-order valence-electron chi connectivity index (χ0n) is 11.8. The van der Waals surface area contributed by atoms with Crippen molar-refractivity contribution < 1.29 is 9.90 Å². The van der Waals surface area contributed by atoms with E-state index in [9.17, 15) is 4.79 Å². The van der Waals surface area contributed by atoms with E-state index in [1.807, 2.05) is 18.2 Å². The van der Waals surface area contributed by atoms with Gasteiger partial charge >= 0.3 is 5.97 Å². The minimum atomic E-state index is -0.827. The average molecular weight is 325 g/mol. The van der Waals surface area contributed by atoms with E-state index in [1.165, 1.54) is 24.6 Å². The summed E-state index contributed by atoms with van der Waals surface area (Å²) < 4.78 is 2.15. The number of fused-ring (bicyclic) bond motifs is 1. The van der Waals surface area contributed by atoms with Crippen molar-refractivity contribution in [3.8, 4) is 0 Å². The predicted octanol–water partition coefficient (Wildman–Crippen LogP) is 4.23. The number of halogens is 1. The molecule has 4 nitrogen and oxygen atoms in total. The predicted molar refractivity (Wildman–Crippen MR) is 85.2 cm³/mol. The second-order valence-electron chi connectivity index (χ2n) is 5.61. The molecule has 1 saturated carbocycles. The van der Waals surface area contributed by atoms with Crippen LogP contribution in [-0.2, 0) is 4.79 Å². The minimum Gasteiger partial charge on any atom is -0.481 e. The number of carbonyl (C=O) groups is 1. The van der Waals surface area contributed by atoms with Crippen molar-refractivity contribution in [1.29, 1.82) is 0 Å². The summed E-state index contributed by atoms with van der Waals surface area (Å²) in [5, 5.41) is 10.3. The molecule has 0 bridgehead atoms. The van der Waals surface area contributed by atoms with Crippen LogP contribution < -0.4 is 0 Å². The van der Waals surface area contributed by atoms with Crippen LogP contribution in [0.25, 0.3) is 11.0 Å². The molecule has 3 rings (SSSR count). The Bertz CT molecular complexity index is 682. The molecule has 1 unspecified atom stereocenters. The lowest BCUT2D eigenvalue weighted by atomic mass is 10.1. The van der Waals surface area contributed by atoms with Gasteiger partial charge in [-0.25, -0.2) is 4.98 Å². The number of carboxylic acid groups (broad SMARTS) is 1. The summed E-state index contributed by atoms with van der Waals surface area (Å²) in [7, 11) is 0. The van der Waals surface area contributed by atoms with Crippen LogP contribution in [0.3, 0.4) is 0 Å². The molecule has 1 aliphatic carbocycles. The number of aliphatic carboxylic acids is 1. The fourth-order valence-electron chi connectivity index (χ4n) is 2.64. The smallest absolute Gasteiger partial charge is 0.313 e. The Morgan fingerprint density at radius 3 is 3.00 bits per heavy atom. The Balaban J connectivity index is 1.99. The van der Waals surface area contributed by atoms with E-state index in [0.717, 1.165) is 28.5 Å². The Morgan fingerprint density at radius 2 is 2.33 bits per heavy atom. The molecule has 1 aliphatic rings. The molecular weight excluding hydrogens is 308 g/mol. The number of carboxylic acids is 1. The molecule has 6 heteroatoms. The quantitative estimate of drug-likeness (QED) is 0.808. The number of nitrogens with zero attached hydrogens (tertiary/aromatic N) is 2. The molecule has 0 radical (unpaired) electrons. The molecule has 1 atom stereocenters. The van der Waals surface area contributed by atoms with Gasteiger partial charge in [0.1, 0.15) is 0 Å². The summed E-state index contributed by atoms with van der Waals surface area (Å²) in [6.07, 6.45) is 3.71. The highest BCUT2D eigenvalue weighted by molar-refractivity contribution is 7.99. The van der Waals surface area contributed by atoms with Gasteiger partial charge in [-0.15, -0.1) is 0 Å². The van der Waals surface area contributed by atoms with Crippen LogP contribution >= 0.6 is 23.4 Å². The van der Waals surface area contributed by atoms with E-state index in [-0.39, 0.29) is 5.75 Å². The normalized spacial score (nSPS) is 16.3. The number of rotatable bonds is 6. The first-order valence-corrected chi connectivity index (χ1v) is 8.43. The van der Waals surface area contributed by atoms with Gasteiger partial charge in [0.15, 0.2) is 5.16 Å². The van der Waals surface area contributed by atoms with Crippen molar-refractivity contribution in [2.45, 2.75) is 37.4 Å². The third-order valence-electron chi connectivity index (χ3n) is 3.76. The summed E-state index contributed by atoms with van der Waals surface area (Å²) >= 11 is 7.38. The van der Waals surface area contributed by atoms with Gasteiger partial charge in [0.25, 0.3) is 0 Å². The fraction of sp³-hybridized carbons (Fsp3) is 0.467. The van der Waals surface area contributed by atoms with E-state index in [1.54, 1.807) is 0 Å². The van der Waals surface area contributed by atoms with Crippen molar-refractivity contribution in [3.05, 3.63) is 23.2 Å². The molecule has 112 valence electrons. The van der Waals surface area contributed by atoms with Crippen LogP contribution in [0.1, 0.15) is 32.2 Å². The molecule has 1 aromatic carbocycles. The molecular formula is C15H17ClN2O2S. The second-order valence-corrected chi connectivity index (χ2v) is 6.99. The first-order valence-electron chi connectivity index (χ1n) is 7.06. The average Bonchev–Trinajstić information content (AvgIpc) is 3.15. The fourth-order valence-corrected chi connectivity index (χ4v) is 3.64. The van der Waals surface area contributed by atoms with Crippen LogP contribution in [-0.4, -0.2) is 26.4 Å². The molecule has 0 amide bonds. The summed E-state index contributed by atoms with van der Waals surface area (Å²) in [5.41, 5.74) is 1.86. The lowest BCUT2D eigenvalue weighted by Gasteiger charge is -2.17. The maximum absolute atomic E-state index is 10.8. The zero-order valence-corrected chi connectivity index (χ0v) is 13.3. The first kappa shape index (κ1) is 14.7. The summed E-state index contributed by atoms with van der Waals surface area (Å²) in [5.74, 6) is -0.00633. The van der Waals surface area contributed by atoms with Crippen LogP contribution in [0.5, 0.6) is 0 Å². The number of hydrogen-bond acceptors (Lipinski definition) is 3. The van der Waals surface area contributed by atoms with Crippen molar-refractivity contribution in [2.24, 2.45) is 5.92 Å². The molecule has 1 N–H and O–H groups in total. The highest BCUT2D eigenvalue weighted by Crippen LogP contribution is 2.39. The van der Waals surface area contributed by atoms with Crippen molar-refractivity contribution in [1.82, 2.24) is 9.55 Å². The molecule has 0 aliphatic heterocycles. The van der Waals surface area contributed by atoms with Crippen molar-refractivity contribution in [2.75, 3.05) is 5.75 Å². The van der Waals surface area contributed by atoms with Gasteiger partial charge in [-0.3, -0.25) is 4.79 Å². The zero-order chi connectivity index (χ0) is 15.0. The molecule has 1 aromatic heterocycles. The third-order valence-corrected chi connectivity index (χ3v) is 4.93. The number of imidazole rings is 1. The lowest BCUT2D eigenvalue weighted by molar-refractivity contribution is -0.133. The number of hydrogen-bond donors (Lipinski definition) is 1. The summed E-state index contributed by atoms with van der Waals surface area (Å²) in [4.78, 5) is 15.4. The number of thioether (sulfide) groups is 1. The first-order chi connectivity index (χ1) is 10.0. The minimum absolute atomic E-state index is 0.0210. The monoisotopic (exact) mass is 324 g/mol. The van der Waals surface area contributed by atoms with E-state index >= 15 is 0 Å². The maximum Gasteiger partial charge on any atom is 0.313 e. The van der Waals surface area contributed by atoms with E-state index in [2.05, 4.69) is 16.5 Å². The highest BCUT2D eigenvalue weighted by atomic mass is 35.5. The Labute approximate surface area is 132 Å². The molecule has 2 aromatic rings. The Hall–Kier alpha value is -1.20. The number of benzene rings is 1. The largest absolute Gasteiger partial charge is 0.481 e. The van der Waals surface area contributed by atoms with Crippen molar-refractivity contribution in [3.63, 3.8) is 0 Å². The number of aromatic nitrogens is 2. The standard InChI is InChI=1S/C15H17ClN2O2S/c1-9(6-10-2-3-10)18-13-7-11(16)4-5-12(13)17-15(18)21-8-14(19)20/h4-5,7,9-10H,2-3,6,8H2,1H3,(H,19,20). The van der Waals surface area contributed by atoms with Gasteiger partial charge in [-0.05, 0) is 37.5 Å². The van der Waals surface area contributed by atoms with Crippen LogP contribution in [0, 0.1) is 5.92 Å². The molecule has 1 fully saturated rings. The second kappa shape index (κ2) is 5.89. The van der Waals surface area contributed by atoms with Gasteiger partial charge in [-0.2, -0.15) is 0 Å². The van der Waals surface area contributed by atoms with Gasteiger partial charge in [-0.1, -0.05) is 36.2 Å². The maximum atomic E-state index is 10.8. The highest BCUT2D eigenvalue weighted by Gasteiger charge is 2.26. The van der Waals surface area contributed by atoms with Gasteiger partial charge in [0.05, 0.1) is 16.8 Å². The van der Waals surface area contributed by atoms with Crippen LogP contribution in [0.2, 0.25) is 5.02 Å². The SMILES string of the molecule is CC(CC1CC1)n1c(SCC(=O)O)nc2ccc(Cl)cc21. The van der Waals surface area contributed by atoms with Gasteiger partial charge in [0.2, 0.25) is 0 Å². The topological polar surface area (TPSA) is 55.1 Å². The molecule has 21 heavy (non-hydrogen) atoms. The summed E-state index contributed by atoms with van der Waals surface area (Å²) in [6, 6.07) is 5.93. The Kier molecular flexibility index (Phi) is 4.13. The molecule has 0 spiro atoms. The van der Waals surface area contributed by atoms with E-state index in [0.29, 0.717) is 11.1 Å². The van der Waals surface area contributed by atoms with Crippen molar-refractivity contribution >= 4 is 40.4 Å². The van der Waals surface area contributed by atoms with Gasteiger partial charge < -0.3 is 9.67 Å².